The molecule has 0 spiro atoms. The average Bonchev–Trinajstić information content (AvgIpc) is 2.63. The zero-order chi connectivity index (χ0) is 10.7. The minimum Gasteiger partial charge on any atom is -0.388 e. The van der Waals surface area contributed by atoms with Crippen LogP contribution in [0, 0.1) is 0 Å². The van der Waals surface area contributed by atoms with E-state index in [2.05, 4.69) is 21.2 Å². The maximum atomic E-state index is 10.1. The van der Waals surface area contributed by atoms with Gasteiger partial charge in [-0.25, -0.2) is 0 Å². The van der Waals surface area contributed by atoms with Crippen LogP contribution in [-0.2, 0) is 0 Å². The summed E-state index contributed by atoms with van der Waals surface area (Å²) in [5.41, 5.74) is 0.576. The molecule has 0 aromatic heterocycles. The standard InChI is InChI=1S/C12H16BrNO/c13-10-4-3-5-11(8-10)14-9-12(15)6-1-2-7-12/h3-5,8,14-15H,1-2,6-7,9H2. The molecule has 1 aliphatic rings. The van der Waals surface area contributed by atoms with Crippen molar-refractivity contribution >= 4 is 21.6 Å². The molecule has 1 saturated carbocycles. The Morgan fingerprint density at radius 1 is 1.33 bits per heavy atom. The molecule has 2 nitrogen and oxygen atoms in total. The highest BCUT2D eigenvalue weighted by Gasteiger charge is 2.30. The van der Waals surface area contributed by atoms with Crippen LogP contribution in [0.4, 0.5) is 5.69 Å². The predicted molar refractivity (Wildman–Crippen MR) is 66.0 cm³/mol. The first-order chi connectivity index (χ1) is 7.18. The Balaban J connectivity index is 1.92. The average molecular weight is 270 g/mol. The topological polar surface area (TPSA) is 32.3 Å². The van der Waals surface area contributed by atoms with E-state index < -0.39 is 5.60 Å². The summed E-state index contributed by atoms with van der Waals surface area (Å²) in [6.45, 7) is 0.656. The summed E-state index contributed by atoms with van der Waals surface area (Å²) in [5.74, 6) is 0. The first-order valence-corrected chi connectivity index (χ1v) is 6.19. The Labute approximate surface area is 98.8 Å². The van der Waals surface area contributed by atoms with Crippen LogP contribution < -0.4 is 5.32 Å². The molecule has 1 aliphatic carbocycles. The van der Waals surface area contributed by atoms with Gasteiger partial charge in [0.1, 0.15) is 0 Å². The van der Waals surface area contributed by atoms with Crippen molar-refractivity contribution in [2.75, 3.05) is 11.9 Å². The molecule has 0 unspecified atom stereocenters. The van der Waals surface area contributed by atoms with E-state index in [1.165, 1.54) is 0 Å². The maximum absolute atomic E-state index is 10.1. The smallest absolute Gasteiger partial charge is 0.0819 e. The Morgan fingerprint density at radius 3 is 2.73 bits per heavy atom. The van der Waals surface area contributed by atoms with E-state index in [4.69, 9.17) is 0 Å². The molecule has 0 radical (unpaired) electrons. The molecule has 1 aromatic carbocycles. The first kappa shape index (κ1) is 11.0. The third kappa shape index (κ3) is 2.95. The van der Waals surface area contributed by atoms with E-state index in [1.54, 1.807) is 0 Å². The molecule has 1 aromatic rings. The molecule has 0 aliphatic heterocycles. The van der Waals surface area contributed by atoms with Crippen molar-refractivity contribution in [3.8, 4) is 0 Å². The number of halogens is 1. The van der Waals surface area contributed by atoms with Crippen LogP contribution in [0.3, 0.4) is 0 Å². The van der Waals surface area contributed by atoms with Gasteiger partial charge in [-0.05, 0) is 31.0 Å². The Kier molecular flexibility index (Phi) is 3.32. The molecule has 3 heteroatoms. The van der Waals surface area contributed by atoms with Crippen LogP contribution in [0.15, 0.2) is 28.7 Å². The molecule has 0 atom stereocenters. The van der Waals surface area contributed by atoms with Gasteiger partial charge in [-0.3, -0.25) is 0 Å². The SMILES string of the molecule is OC1(CNc2cccc(Br)c2)CCCC1. The van der Waals surface area contributed by atoms with Gasteiger partial charge in [0, 0.05) is 16.7 Å². The molecular weight excluding hydrogens is 254 g/mol. The van der Waals surface area contributed by atoms with Crippen LogP contribution in [0.1, 0.15) is 25.7 Å². The second-order valence-electron chi connectivity index (χ2n) is 4.30. The van der Waals surface area contributed by atoms with Gasteiger partial charge in [0.25, 0.3) is 0 Å². The Morgan fingerprint density at radius 2 is 2.07 bits per heavy atom. The summed E-state index contributed by atoms with van der Waals surface area (Å²) in [6.07, 6.45) is 4.15. The summed E-state index contributed by atoms with van der Waals surface area (Å²) in [7, 11) is 0. The lowest BCUT2D eigenvalue weighted by molar-refractivity contribution is 0.0615. The van der Waals surface area contributed by atoms with Gasteiger partial charge in [-0.2, -0.15) is 0 Å². The second kappa shape index (κ2) is 4.54. The molecule has 2 N–H and O–H groups in total. The van der Waals surface area contributed by atoms with Crippen molar-refractivity contribution in [3.05, 3.63) is 28.7 Å². The Bertz CT molecular complexity index is 334. The van der Waals surface area contributed by atoms with Crippen LogP contribution in [0.25, 0.3) is 0 Å². The number of anilines is 1. The molecule has 0 saturated heterocycles. The fourth-order valence-corrected chi connectivity index (χ4v) is 2.47. The van der Waals surface area contributed by atoms with Gasteiger partial charge in [0.05, 0.1) is 5.60 Å². The second-order valence-corrected chi connectivity index (χ2v) is 5.21. The van der Waals surface area contributed by atoms with Crippen molar-refractivity contribution in [3.63, 3.8) is 0 Å². The predicted octanol–water partition coefficient (Wildman–Crippen LogP) is 3.17. The van der Waals surface area contributed by atoms with Crippen LogP contribution in [0.5, 0.6) is 0 Å². The van der Waals surface area contributed by atoms with Gasteiger partial charge in [-0.15, -0.1) is 0 Å². The molecule has 0 heterocycles. The Hall–Kier alpha value is -0.540. The van der Waals surface area contributed by atoms with Gasteiger partial charge in [0.15, 0.2) is 0 Å². The van der Waals surface area contributed by atoms with Gasteiger partial charge >= 0.3 is 0 Å². The van der Waals surface area contributed by atoms with E-state index in [1.807, 2.05) is 24.3 Å². The van der Waals surface area contributed by atoms with Gasteiger partial charge in [0.2, 0.25) is 0 Å². The quantitative estimate of drug-likeness (QED) is 0.884. The largest absolute Gasteiger partial charge is 0.388 e. The monoisotopic (exact) mass is 269 g/mol. The summed E-state index contributed by atoms with van der Waals surface area (Å²) < 4.78 is 1.06. The van der Waals surface area contributed by atoms with E-state index in [-0.39, 0.29) is 0 Å². The highest BCUT2D eigenvalue weighted by atomic mass is 79.9. The van der Waals surface area contributed by atoms with Gasteiger partial charge < -0.3 is 10.4 Å². The molecular formula is C12H16BrNO. The summed E-state index contributed by atoms with van der Waals surface area (Å²) >= 11 is 3.43. The van der Waals surface area contributed by atoms with Crippen molar-refractivity contribution in [1.29, 1.82) is 0 Å². The van der Waals surface area contributed by atoms with E-state index in [9.17, 15) is 5.11 Å². The number of benzene rings is 1. The van der Waals surface area contributed by atoms with Crippen molar-refractivity contribution < 1.29 is 5.11 Å². The number of hydrogen-bond acceptors (Lipinski definition) is 2. The highest BCUT2D eigenvalue weighted by Crippen LogP contribution is 2.29. The zero-order valence-corrected chi connectivity index (χ0v) is 10.3. The lowest BCUT2D eigenvalue weighted by atomic mass is 10.0. The number of nitrogens with one attached hydrogen (secondary N) is 1. The minimum absolute atomic E-state index is 0.484. The summed E-state index contributed by atoms with van der Waals surface area (Å²) in [5, 5.41) is 13.4. The molecule has 0 bridgehead atoms. The maximum Gasteiger partial charge on any atom is 0.0819 e. The summed E-state index contributed by atoms with van der Waals surface area (Å²) in [6, 6.07) is 8.03. The molecule has 1 fully saturated rings. The fourth-order valence-electron chi connectivity index (χ4n) is 2.07. The van der Waals surface area contributed by atoms with Crippen molar-refractivity contribution in [2.24, 2.45) is 0 Å². The van der Waals surface area contributed by atoms with E-state index in [0.29, 0.717) is 6.54 Å². The zero-order valence-electron chi connectivity index (χ0n) is 8.67. The summed E-state index contributed by atoms with van der Waals surface area (Å²) in [4.78, 5) is 0. The molecule has 15 heavy (non-hydrogen) atoms. The van der Waals surface area contributed by atoms with E-state index >= 15 is 0 Å². The van der Waals surface area contributed by atoms with Crippen LogP contribution >= 0.6 is 15.9 Å². The van der Waals surface area contributed by atoms with Crippen molar-refractivity contribution in [1.82, 2.24) is 0 Å². The van der Waals surface area contributed by atoms with E-state index in [0.717, 1.165) is 35.8 Å². The fraction of sp³-hybridized carbons (Fsp3) is 0.500. The normalized spacial score (nSPS) is 19.1. The molecule has 0 amide bonds. The highest BCUT2D eigenvalue weighted by molar-refractivity contribution is 9.10. The minimum atomic E-state index is -0.484. The van der Waals surface area contributed by atoms with Crippen LogP contribution in [0.2, 0.25) is 0 Å². The lowest BCUT2D eigenvalue weighted by Crippen LogP contribution is -2.33. The molecule has 2 rings (SSSR count). The third-order valence-electron chi connectivity index (χ3n) is 2.98. The molecule has 82 valence electrons. The number of rotatable bonds is 3. The van der Waals surface area contributed by atoms with Crippen LogP contribution in [-0.4, -0.2) is 17.3 Å². The third-order valence-corrected chi connectivity index (χ3v) is 3.47. The van der Waals surface area contributed by atoms with Gasteiger partial charge in [-0.1, -0.05) is 34.8 Å². The van der Waals surface area contributed by atoms with Crippen molar-refractivity contribution in [2.45, 2.75) is 31.3 Å². The number of hydrogen-bond donors (Lipinski definition) is 2. The first-order valence-electron chi connectivity index (χ1n) is 5.40. The lowest BCUT2D eigenvalue weighted by Gasteiger charge is -2.23. The number of aliphatic hydroxyl groups is 1.